The molecule has 0 amide bonds. The normalized spacial score (nSPS) is 12.2. The van der Waals surface area contributed by atoms with E-state index in [2.05, 4.69) is 9.88 Å². The van der Waals surface area contributed by atoms with Gasteiger partial charge in [0.25, 0.3) is 0 Å². The highest BCUT2D eigenvalue weighted by molar-refractivity contribution is 5.79. The van der Waals surface area contributed by atoms with Crippen LogP contribution in [0.3, 0.4) is 0 Å². The topological polar surface area (TPSA) is 66.0 Å². The van der Waals surface area contributed by atoms with Gasteiger partial charge in [-0.05, 0) is 18.6 Å². The van der Waals surface area contributed by atoms with Gasteiger partial charge in [0, 0.05) is 37.6 Å². The van der Waals surface area contributed by atoms with E-state index in [-0.39, 0.29) is 11.8 Å². The number of nitrogens with two attached hydrogens (primary N) is 1. The number of anilines is 1. The standard InChI is InChI=1S/C11H18N4/c1-8-6-14-5-4-10(8)15(3)7-9(2)11(12)13/h4-6,9H,7H2,1-3H3,(H3,12,13). The molecule has 0 aliphatic rings. The van der Waals surface area contributed by atoms with Crippen LogP contribution in [0.5, 0.6) is 0 Å². The molecular weight excluding hydrogens is 188 g/mol. The van der Waals surface area contributed by atoms with E-state index in [1.165, 1.54) is 0 Å². The van der Waals surface area contributed by atoms with Gasteiger partial charge in [0.1, 0.15) is 0 Å². The number of aromatic nitrogens is 1. The molecule has 0 aliphatic heterocycles. The molecule has 0 radical (unpaired) electrons. The minimum Gasteiger partial charge on any atom is -0.387 e. The van der Waals surface area contributed by atoms with Crippen molar-refractivity contribution in [2.75, 3.05) is 18.5 Å². The van der Waals surface area contributed by atoms with E-state index < -0.39 is 0 Å². The zero-order valence-electron chi connectivity index (χ0n) is 9.49. The molecule has 1 heterocycles. The fourth-order valence-electron chi connectivity index (χ4n) is 1.50. The lowest BCUT2D eigenvalue weighted by atomic mass is 10.1. The van der Waals surface area contributed by atoms with Crippen molar-refractivity contribution in [1.29, 1.82) is 5.41 Å². The van der Waals surface area contributed by atoms with E-state index >= 15 is 0 Å². The van der Waals surface area contributed by atoms with E-state index in [4.69, 9.17) is 11.1 Å². The van der Waals surface area contributed by atoms with Crippen molar-refractivity contribution in [3.8, 4) is 0 Å². The molecule has 1 aromatic rings. The number of pyridine rings is 1. The van der Waals surface area contributed by atoms with Crippen molar-refractivity contribution in [1.82, 2.24) is 4.98 Å². The molecule has 0 aromatic carbocycles. The van der Waals surface area contributed by atoms with Gasteiger partial charge in [-0.25, -0.2) is 0 Å². The molecule has 0 fully saturated rings. The molecule has 1 aromatic heterocycles. The van der Waals surface area contributed by atoms with E-state index in [9.17, 15) is 0 Å². The molecule has 3 N–H and O–H groups in total. The summed E-state index contributed by atoms with van der Waals surface area (Å²) in [5, 5.41) is 7.35. The molecule has 1 atom stereocenters. The SMILES string of the molecule is Cc1cnccc1N(C)CC(C)C(=N)N. The third-order valence-electron chi connectivity index (χ3n) is 2.48. The van der Waals surface area contributed by atoms with Crippen molar-refractivity contribution in [2.45, 2.75) is 13.8 Å². The summed E-state index contributed by atoms with van der Waals surface area (Å²) in [7, 11) is 2.00. The van der Waals surface area contributed by atoms with Gasteiger partial charge in [0.05, 0.1) is 5.84 Å². The number of nitrogens with one attached hydrogen (secondary N) is 1. The molecule has 82 valence electrons. The summed E-state index contributed by atoms with van der Waals surface area (Å²) in [5.74, 6) is 0.302. The monoisotopic (exact) mass is 206 g/mol. The fourth-order valence-corrected chi connectivity index (χ4v) is 1.50. The van der Waals surface area contributed by atoms with Crippen molar-refractivity contribution in [3.63, 3.8) is 0 Å². The zero-order chi connectivity index (χ0) is 11.4. The van der Waals surface area contributed by atoms with Crippen LogP contribution in [0.4, 0.5) is 5.69 Å². The third kappa shape index (κ3) is 2.94. The van der Waals surface area contributed by atoms with Crippen LogP contribution in [-0.2, 0) is 0 Å². The number of aryl methyl sites for hydroxylation is 1. The lowest BCUT2D eigenvalue weighted by molar-refractivity contribution is 0.727. The Labute approximate surface area is 90.6 Å². The summed E-state index contributed by atoms with van der Waals surface area (Å²) < 4.78 is 0. The average molecular weight is 206 g/mol. The van der Waals surface area contributed by atoms with Crippen LogP contribution in [0.1, 0.15) is 12.5 Å². The van der Waals surface area contributed by atoms with Gasteiger partial charge in [-0.3, -0.25) is 10.4 Å². The highest BCUT2D eigenvalue weighted by Gasteiger charge is 2.10. The molecular formula is C11H18N4. The molecule has 4 heteroatoms. The Balaban J connectivity index is 2.73. The van der Waals surface area contributed by atoms with Gasteiger partial charge in [-0.1, -0.05) is 6.92 Å². The van der Waals surface area contributed by atoms with Gasteiger partial charge < -0.3 is 10.6 Å². The second kappa shape index (κ2) is 4.77. The lowest BCUT2D eigenvalue weighted by Crippen LogP contribution is -2.32. The van der Waals surface area contributed by atoms with E-state index in [1.54, 1.807) is 6.20 Å². The molecule has 15 heavy (non-hydrogen) atoms. The predicted octanol–water partition coefficient (Wildman–Crippen LogP) is 1.40. The predicted molar refractivity (Wildman–Crippen MR) is 63.3 cm³/mol. The third-order valence-corrected chi connectivity index (χ3v) is 2.48. The summed E-state index contributed by atoms with van der Waals surface area (Å²) >= 11 is 0. The minimum absolute atomic E-state index is 0.0718. The number of hydrogen-bond acceptors (Lipinski definition) is 3. The molecule has 1 rings (SSSR count). The number of nitrogens with zero attached hydrogens (tertiary/aromatic N) is 2. The highest BCUT2D eigenvalue weighted by atomic mass is 15.1. The molecule has 0 saturated heterocycles. The number of hydrogen-bond donors (Lipinski definition) is 2. The van der Waals surface area contributed by atoms with Gasteiger partial charge >= 0.3 is 0 Å². The fraction of sp³-hybridized carbons (Fsp3) is 0.455. The first kappa shape index (κ1) is 11.5. The second-order valence-corrected chi connectivity index (χ2v) is 3.90. The Bertz CT molecular complexity index is 348. The van der Waals surface area contributed by atoms with Crippen molar-refractivity contribution in [3.05, 3.63) is 24.0 Å². The molecule has 0 saturated carbocycles. The Kier molecular flexibility index (Phi) is 3.66. The summed E-state index contributed by atoms with van der Waals surface area (Å²) in [6, 6.07) is 1.97. The summed E-state index contributed by atoms with van der Waals surface area (Å²) in [4.78, 5) is 6.15. The molecule has 0 aliphatic carbocycles. The van der Waals surface area contributed by atoms with Crippen LogP contribution in [0.2, 0.25) is 0 Å². The molecule has 4 nitrogen and oxygen atoms in total. The van der Waals surface area contributed by atoms with E-state index in [0.29, 0.717) is 0 Å². The van der Waals surface area contributed by atoms with Crippen LogP contribution in [0.15, 0.2) is 18.5 Å². The maximum absolute atomic E-state index is 7.35. The molecule has 0 spiro atoms. The van der Waals surface area contributed by atoms with Crippen LogP contribution >= 0.6 is 0 Å². The van der Waals surface area contributed by atoms with Crippen LogP contribution < -0.4 is 10.6 Å². The number of amidine groups is 1. The summed E-state index contributed by atoms with van der Waals surface area (Å²) in [6.45, 7) is 4.73. The number of rotatable bonds is 4. The van der Waals surface area contributed by atoms with Crippen molar-refractivity contribution < 1.29 is 0 Å². The van der Waals surface area contributed by atoms with Crippen LogP contribution in [0, 0.1) is 18.3 Å². The summed E-state index contributed by atoms with van der Waals surface area (Å²) in [5.41, 5.74) is 7.72. The zero-order valence-corrected chi connectivity index (χ0v) is 9.49. The Hall–Kier alpha value is -1.58. The first-order valence-electron chi connectivity index (χ1n) is 4.98. The smallest absolute Gasteiger partial charge is 0.0952 e. The van der Waals surface area contributed by atoms with Crippen LogP contribution in [-0.4, -0.2) is 24.4 Å². The Morgan fingerprint density at radius 3 is 2.87 bits per heavy atom. The second-order valence-electron chi connectivity index (χ2n) is 3.90. The van der Waals surface area contributed by atoms with Gasteiger partial charge in [0.2, 0.25) is 0 Å². The molecule has 0 bridgehead atoms. The maximum atomic E-state index is 7.35. The van der Waals surface area contributed by atoms with Gasteiger partial charge in [-0.15, -0.1) is 0 Å². The van der Waals surface area contributed by atoms with E-state index in [1.807, 2.05) is 33.2 Å². The Morgan fingerprint density at radius 1 is 1.67 bits per heavy atom. The largest absolute Gasteiger partial charge is 0.387 e. The average Bonchev–Trinajstić information content (AvgIpc) is 2.18. The van der Waals surface area contributed by atoms with Crippen molar-refractivity contribution >= 4 is 11.5 Å². The minimum atomic E-state index is 0.0718. The quantitative estimate of drug-likeness (QED) is 0.578. The van der Waals surface area contributed by atoms with E-state index in [0.717, 1.165) is 17.8 Å². The Morgan fingerprint density at radius 2 is 2.33 bits per heavy atom. The van der Waals surface area contributed by atoms with Gasteiger partial charge in [-0.2, -0.15) is 0 Å². The van der Waals surface area contributed by atoms with Gasteiger partial charge in [0.15, 0.2) is 0 Å². The summed E-state index contributed by atoms with van der Waals surface area (Å²) in [6.07, 6.45) is 3.61. The van der Waals surface area contributed by atoms with Crippen LogP contribution in [0.25, 0.3) is 0 Å². The lowest BCUT2D eigenvalue weighted by Gasteiger charge is -2.24. The van der Waals surface area contributed by atoms with Crippen molar-refractivity contribution in [2.24, 2.45) is 11.7 Å². The first-order valence-corrected chi connectivity index (χ1v) is 4.98. The molecule has 1 unspecified atom stereocenters. The first-order chi connectivity index (χ1) is 7.02. The maximum Gasteiger partial charge on any atom is 0.0952 e. The highest BCUT2D eigenvalue weighted by Crippen LogP contribution is 2.17.